The number of hydrogen-bond donors (Lipinski definition) is 0. The van der Waals surface area contributed by atoms with E-state index in [0.29, 0.717) is 18.1 Å². The zero-order chi connectivity index (χ0) is 12.4. The molecule has 1 amide bonds. The number of fused-ring (bicyclic) bond motifs is 1. The number of hydrogen-bond acceptors (Lipinski definition) is 2. The quantitative estimate of drug-likeness (QED) is 0.774. The molecule has 1 aliphatic heterocycles. The van der Waals surface area contributed by atoms with Crippen LogP contribution in [0.25, 0.3) is 0 Å². The first-order valence-electron chi connectivity index (χ1n) is 5.72. The summed E-state index contributed by atoms with van der Waals surface area (Å²) in [5, 5.41) is 0. The van der Waals surface area contributed by atoms with Crippen LogP contribution < -0.4 is 4.74 Å². The van der Waals surface area contributed by atoms with Gasteiger partial charge in [0.15, 0.2) is 0 Å². The van der Waals surface area contributed by atoms with Crippen molar-refractivity contribution in [2.45, 2.75) is 19.4 Å². The van der Waals surface area contributed by atoms with Gasteiger partial charge in [-0.05, 0) is 30.7 Å². The number of benzene rings is 1. The van der Waals surface area contributed by atoms with Crippen molar-refractivity contribution in [3.63, 3.8) is 0 Å². The molecule has 1 atom stereocenters. The second-order valence-electron chi connectivity index (χ2n) is 4.34. The zero-order valence-corrected chi connectivity index (χ0v) is 10.8. The Hall–Kier alpha value is -1.22. The van der Waals surface area contributed by atoms with Gasteiger partial charge in [0, 0.05) is 31.0 Å². The first-order valence-corrected chi connectivity index (χ1v) is 6.25. The van der Waals surface area contributed by atoms with Crippen LogP contribution in [0.5, 0.6) is 5.75 Å². The van der Waals surface area contributed by atoms with Gasteiger partial charge in [0.2, 0.25) is 0 Å². The molecule has 0 fully saturated rings. The molecular formula is C13H16ClNO2. The van der Waals surface area contributed by atoms with Crippen LogP contribution in [-0.2, 0) is 6.42 Å². The lowest BCUT2D eigenvalue weighted by atomic mass is 10.1. The highest BCUT2D eigenvalue weighted by molar-refractivity contribution is 6.18. The normalized spacial score (nSPS) is 15.0. The molecule has 1 heterocycles. The second kappa shape index (κ2) is 4.96. The van der Waals surface area contributed by atoms with E-state index in [2.05, 4.69) is 0 Å². The van der Waals surface area contributed by atoms with Gasteiger partial charge >= 0.3 is 0 Å². The minimum Gasteiger partial charge on any atom is -0.493 e. The number of ether oxygens (including phenoxy) is 1. The van der Waals surface area contributed by atoms with Crippen molar-refractivity contribution in [3.8, 4) is 5.75 Å². The predicted octanol–water partition coefficient (Wildman–Crippen LogP) is 2.32. The molecule has 4 heteroatoms. The van der Waals surface area contributed by atoms with Crippen molar-refractivity contribution in [2.75, 3.05) is 19.5 Å². The van der Waals surface area contributed by atoms with Crippen LogP contribution in [0.4, 0.5) is 0 Å². The molecule has 0 aromatic heterocycles. The fraction of sp³-hybridized carbons (Fsp3) is 0.462. The average Bonchev–Trinajstić information content (AvgIpc) is 2.83. The van der Waals surface area contributed by atoms with E-state index in [-0.39, 0.29) is 11.9 Å². The topological polar surface area (TPSA) is 29.5 Å². The fourth-order valence-electron chi connectivity index (χ4n) is 1.83. The van der Waals surface area contributed by atoms with Crippen LogP contribution in [0, 0.1) is 0 Å². The summed E-state index contributed by atoms with van der Waals surface area (Å²) < 4.78 is 5.42. The van der Waals surface area contributed by atoms with E-state index < -0.39 is 0 Å². The van der Waals surface area contributed by atoms with Crippen molar-refractivity contribution in [3.05, 3.63) is 29.3 Å². The number of nitrogens with zero attached hydrogens (tertiary/aromatic N) is 1. The smallest absolute Gasteiger partial charge is 0.253 e. The molecule has 1 unspecified atom stereocenters. The van der Waals surface area contributed by atoms with Gasteiger partial charge in [-0.2, -0.15) is 0 Å². The Morgan fingerprint density at radius 2 is 2.35 bits per heavy atom. The maximum atomic E-state index is 12.2. The molecule has 0 spiro atoms. The number of halogens is 1. The van der Waals surface area contributed by atoms with Crippen molar-refractivity contribution in [1.29, 1.82) is 0 Å². The summed E-state index contributed by atoms with van der Waals surface area (Å²) >= 11 is 5.76. The van der Waals surface area contributed by atoms with Gasteiger partial charge in [0.05, 0.1) is 6.61 Å². The third kappa shape index (κ3) is 2.39. The highest BCUT2D eigenvalue weighted by Gasteiger charge is 2.19. The number of rotatable bonds is 3. The van der Waals surface area contributed by atoms with Crippen LogP contribution in [0.3, 0.4) is 0 Å². The molecule has 0 saturated carbocycles. The van der Waals surface area contributed by atoms with Crippen LogP contribution in [-0.4, -0.2) is 36.4 Å². The standard InChI is InChI=1S/C13H16ClNO2/c1-9(8-14)15(2)13(16)11-3-4-12-10(7-11)5-6-17-12/h3-4,7,9H,5-6,8H2,1-2H3. The van der Waals surface area contributed by atoms with E-state index in [1.54, 1.807) is 11.9 Å². The lowest BCUT2D eigenvalue weighted by Gasteiger charge is -2.23. The van der Waals surface area contributed by atoms with Crippen molar-refractivity contribution < 1.29 is 9.53 Å². The van der Waals surface area contributed by atoms with E-state index in [0.717, 1.165) is 17.7 Å². The molecule has 92 valence electrons. The zero-order valence-electron chi connectivity index (χ0n) is 10.1. The fourth-order valence-corrected chi connectivity index (χ4v) is 2.03. The van der Waals surface area contributed by atoms with Gasteiger partial charge in [-0.25, -0.2) is 0 Å². The summed E-state index contributed by atoms with van der Waals surface area (Å²) in [5.41, 5.74) is 1.82. The van der Waals surface area contributed by atoms with Crippen LogP contribution >= 0.6 is 11.6 Å². The first-order chi connectivity index (χ1) is 8.13. The summed E-state index contributed by atoms with van der Waals surface area (Å²) in [6, 6.07) is 5.63. The van der Waals surface area contributed by atoms with Crippen molar-refractivity contribution in [2.24, 2.45) is 0 Å². The summed E-state index contributed by atoms with van der Waals surface area (Å²) in [4.78, 5) is 13.8. The van der Waals surface area contributed by atoms with Gasteiger partial charge < -0.3 is 9.64 Å². The Bertz CT molecular complexity index is 433. The van der Waals surface area contributed by atoms with Gasteiger partial charge in [-0.15, -0.1) is 11.6 Å². The van der Waals surface area contributed by atoms with Crippen molar-refractivity contribution >= 4 is 17.5 Å². The Morgan fingerprint density at radius 1 is 1.59 bits per heavy atom. The Kier molecular flexibility index (Phi) is 3.57. The van der Waals surface area contributed by atoms with Crippen LogP contribution in [0.15, 0.2) is 18.2 Å². The van der Waals surface area contributed by atoms with Gasteiger partial charge in [0.25, 0.3) is 5.91 Å². The lowest BCUT2D eigenvalue weighted by Crippen LogP contribution is -2.36. The number of carbonyl (C=O) groups excluding carboxylic acids is 1. The molecule has 17 heavy (non-hydrogen) atoms. The molecule has 2 rings (SSSR count). The number of amides is 1. The second-order valence-corrected chi connectivity index (χ2v) is 4.65. The Labute approximate surface area is 106 Å². The molecule has 0 radical (unpaired) electrons. The summed E-state index contributed by atoms with van der Waals surface area (Å²) in [5.74, 6) is 1.35. The van der Waals surface area contributed by atoms with Gasteiger partial charge in [-0.3, -0.25) is 4.79 Å². The third-order valence-electron chi connectivity index (χ3n) is 3.14. The molecule has 1 aromatic carbocycles. The molecule has 3 nitrogen and oxygen atoms in total. The largest absolute Gasteiger partial charge is 0.493 e. The van der Waals surface area contributed by atoms with E-state index in [4.69, 9.17) is 16.3 Å². The van der Waals surface area contributed by atoms with Crippen molar-refractivity contribution in [1.82, 2.24) is 4.90 Å². The highest BCUT2D eigenvalue weighted by Crippen LogP contribution is 2.26. The Balaban J connectivity index is 2.20. The summed E-state index contributed by atoms with van der Waals surface area (Å²) in [6.45, 7) is 2.64. The van der Waals surface area contributed by atoms with Gasteiger partial charge in [-0.1, -0.05) is 0 Å². The lowest BCUT2D eigenvalue weighted by molar-refractivity contribution is 0.0756. The monoisotopic (exact) mass is 253 g/mol. The van der Waals surface area contributed by atoms with E-state index in [1.165, 1.54) is 0 Å². The maximum absolute atomic E-state index is 12.2. The van der Waals surface area contributed by atoms with E-state index in [9.17, 15) is 4.79 Å². The molecule has 0 N–H and O–H groups in total. The molecule has 1 aliphatic rings. The third-order valence-corrected chi connectivity index (χ3v) is 3.59. The van der Waals surface area contributed by atoms with E-state index >= 15 is 0 Å². The van der Waals surface area contributed by atoms with Gasteiger partial charge in [0.1, 0.15) is 5.75 Å². The summed E-state index contributed by atoms with van der Waals surface area (Å²) in [7, 11) is 1.78. The molecule has 0 aliphatic carbocycles. The predicted molar refractivity (Wildman–Crippen MR) is 67.9 cm³/mol. The molecule has 1 aromatic rings. The minimum atomic E-state index is 0.00727. The highest BCUT2D eigenvalue weighted by atomic mass is 35.5. The molecular weight excluding hydrogens is 238 g/mol. The molecule has 0 bridgehead atoms. The Morgan fingerprint density at radius 3 is 3.06 bits per heavy atom. The van der Waals surface area contributed by atoms with E-state index in [1.807, 2.05) is 25.1 Å². The number of carbonyl (C=O) groups is 1. The SMILES string of the molecule is CC(CCl)N(C)C(=O)c1ccc2c(c1)CCO2. The van der Waals surface area contributed by atoms with Crippen LogP contribution in [0.1, 0.15) is 22.8 Å². The minimum absolute atomic E-state index is 0.00727. The maximum Gasteiger partial charge on any atom is 0.253 e. The summed E-state index contributed by atoms with van der Waals surface area (Å²) in [6.07, 6.45) is 0.880. The van der Waals surface area contributed by atoms with Crippen LogP contribution in [0.2, 0.25) is 0 Å². The molecule has 0 saturated heterocycles. The number of alkyl halides is 1. The average molecular weight is 254 g/mol. The first kappa shape index (κ1) is 12.2.